The molecule has 136 valence electrons. The van der Waals surface area contributed by atoms with E-state index in [9.17, 15) is 4.79 Å². The predicted molar refractivity (Wildman–Crippen MR) is 99.7 cm³/mol. The van der Waals surface area contributed by atoms with Crippen molar-refractivity contribution in [3.63, 3.8) is 0 Å². The van der Waals surface area contributed by atoms with Gasteiger partial charge in [-0.2, -0.15) is 0 Å². The lowest BCUT2D eigenvalue weighted by molar-refractivity contribution is -0.117. The van der Waals surface area contributed by atoms with E-state index in [-0.39, 0.29) is 0 Å². The van der Waals surface area contributed by atoms with Gasteiger partial charge < -0.3 is 4.79 Å². The number of fused-ring (bicyclic) bond motifs is 5. The van der Waals surface area contributed by atoms with E-state index in [1.807, 2.05) is 0 Å². The third kappa shape index (κ3) is 2.36. The molecular formula is C23H38O. The Morgan fingerprint density at radius 1 is 0.917 bits per heavy atom. The van der Waals surface area contributed by atoms with E-state index in [0.717, 1.165) is 36.0 Å². The normalized spacial score (nSPS) is 52.0. The Bertz CT molecular complexity index is 484. The van der Waals surface area contributed by atoms with E-state index in [2.05, 4.69) is 20.8 Å². The van der Waals surface area contributed by atoms with Crippen LogP contribution in [0.5, 0.6) is 0 Å². The molecule has 0 amide bonds. The van der Waals surface area contributed by atoms with Crippen molar-refractivity contribution in [1.29, 1.82) is 0 Å². The van der Waals surface area contributed by atoms with E-state index in [1.165, 1.54) is 70.5 Å². The molecule has 4 rings (SSSR count). The molecule has 24 heavy (non-hydrogen) atoms. The Morgan fingerprint density at radius 2 is 1.71 bits per heavy atom. The molecule has 0 aromatic carbocycles. The number of aldehydes is 1. The van der Waals surface area contributed by atoms with Gasteiger partial charge in [-0.1, -0.05) is 33.6 Å². The van der Waals surface area contributed by atoms with Gasteiger partial charge in [0.1, 0.15) is 6.29 Å². The second-order valence-electron chi connectivity index (χ2n) is 10.5. The summed E-state index contributed by atoms with van der Waals surface area (Å²) in [5, 5.41) is 0. The van der Waals surface area contributed by atoms with Crippen LogP contribution in [0.1, 0.15) is 91.4 Å². The molecule has 4 fully saturated rings. The second-order valence-corrected chi connectivity index (χ2v) is 10.5. The van der Waals surface area contributed by atoms with Gasteiger partial charge in [-0.3, -0.25) is 0 Å². The highest BCUT2D eigenvalue weighted by Crippen LogP contribution is 2.68. The molecule has 0 aromatic rings. The van der Waals surface area contributed by atoms with Crippen LogP contribution in [0.25, 0.3) is 0 Å². The first kappa shape index (κ1) is 17.1. The number of carbonyl (C=O) groups is 1. The van der Waals surface area contributed by atoms with Crippen LogP contribution in [0.2, 0.25) is 0 Å². The van der Waals surface area contributed by atoms with Crippen LogP contribution in [-0.4, -0.2) is 6.29 Å². The van der Waals surface area contributed by atoms with Gasteiger partial charge >= 0.3 is 0 Å². The molecule has 0 bridgehead atoms. The van der Waals surface area contributed by atoms with E-state index in [4.69, 9.17) is 0 Å². The minimum atomic E-state index is 0.529. The van der Waals surface area contributed by atoms with Crippen LogP contribution >= 0.6 is 0 Å². The van der Waals surface area contributed by atoms with Gasteiger partial charge in [0.15, 0.2) is 0 Å². The maximum absolute atomic E-state index is 11.1. The summed E-state index contributed by atoms with van der Waals surface area (Å²) in [6.45, 7) is 7.64. The standard InChI is InChI=1S/C23H38O/c1-16(12-15-24)19-9-10-20-18-8-7-17-6-4-5-13-22(17,2)21(18)11-14-23(19,20)3/h15-21H,4-14H2,1-3H3/t16-,17?,18?,19?,20?,21?,22?,23?/m1/s1. The third-order valence-corrected chi connectivity index (χ3v) is 9.81. The molecule has 0 aromatic heterocycles. The Balaban J connectivity index is 1.58. The Morgan fingerprint density at radius 3 is 2.50 bits per heavy atom. The zero-order chi connectivity index (χ0) is 16.9. The lowest BCUT2D eigenvalue weighted by atomic mass is 9.44. The minimum absolute atomic E-state index is 0.529. The molecule has 0 N–H and O–H groups in total. The molecule has 7 unspecified atom stereocenters. The zero-order valence-corrected chi connectivity index (χ0v) is 16.2. The number of carbonyl (C=O) groups excluding carboxylic acids is 1. The topological polar surface area (TPSA) is 17.1 Å². The van der Waals surface area contributed by atoms with Gasteiger partial charge in [-0.15, -0.1) is 0 Å². The van der Waals surface area contributed by atoms with Crippen molar-refractivity contribution < 1.29 is 4.79 Å². The first-order valence-corrected chi connectivity index (χ1v) is 10.9. The highest BCUT2D eigenvalue weighted by atomic mass is 16.1. The average molecular weight is 331 g/mol. The summed E-state index contributed by atoms with van der Waals surface area (Å²) in [5.41, 5.74) is 1.19. The summed E-state index contributed by atoms with van der Waals surface area (Å²) in [6, 6.07) is 0. The zero-order valence-electron chi connectivity index (χ0n) is 16.2. The summed E-state index contributed by atoms with van der Waals surface area (Å²) >= 11 is 0. The number of hydrogen-bond acceptors (Lipinski definition) is 1. The largest absolute Gasteiger partial charge is 0.303 e. The van der Waals surface area contributed by atoms with Crippen LogP contribution in [0, 0.1) is 46.3 Å². The van der Waals surface area contributed by atoms with Gasteiger partial charge in [0.2, 0.25) is 0 Å². The lowest BCUT2D eigenvalue weighted by Crippen LogP contribution is -2.53. The average Bonchev–Trinajstić information content (AvgIpc) is 2.92. The van der Waals surface area contributed by atoms with Crippen LogP contribution in [0.4, 0.5) is 0 Å². The summed E-state index contributed by atoms with van der Waals surface area (Å²) < 4.78 is 0. The Hall–Kier alpha value is -0.330. The summed E-state index contributed by atoms with van der Waals surface area (Å²) in [5.74, 6) is 5.38. The fourth-order valence-corrected chi connectivity index (χ4v) is 8.59. The van der Waals surface area contributed by atoms with Crippen molar-refractivity contribution in [1.82, 2.24) is 0 Å². The van der Waals surface area contributed by atoms with Crippen molar-refractivity contribution in [3.05, 3.63) is 0 Å². The molecule has 8 atom stereocenters. The van der Waals surface area contributed by atoms with Crippen molar-refractivity contribution in [3.8, 4) is 0 Å². The summed E-state index contributed by atoms with van der Waals surface area (Å²) in [4.78, 5) is 11.1. The maximum Gasteiger partial charge on any atom is 0.120 e. The predicted octanol–water partition coefficient (Wildman–Crippen LogP) is 6.26. The van der Waals surface area contributed by atoms with Gasteiger partial charge in [0, 0.05) is 6.42 Å². The molecule has 4 saturated carbocycles. The highest BCUT2D eigenvalue weighted by molar-refractivity contribution is 5.49. The minimum Gasteiger partial charge on any atom is -0.303 e. The van der Waals surface area contributed by atoms with Crippen LogP contribution in [0.15, 0.2) is 0 Å². The third-order valence-electron chi connectivity index (χ3n) is 9.81. The van der Waals surface area contributed by atoms with Crippen LogP contribution in [0.3, 0.4) is 0 Å². The molecule has 1 nitrogen and oxygen atoms in total. The first-order chi connectivity index (χ1) is 11.5. The molecular weight excluding hydrogens is 292 g/mol. The van der Waals surface area contributed by atoms with Crippen molar-refractivity contribution >= 4 is 6.29 Å². The molecule has 0 aliphatic heterocycles. The molecule has 1 heteroatoms. The quantitative estimate of drug-likeness (QED) is 0.558. The van der Waals surface area contributed by atoms with Gasteiger partial charge in [-0.05, 0) is 97.7 Å². The molecule has 0 spiro atoms. The van der Waals surface area contributed by atoms with Crippen molar-refractivity contribution in [2.45, 2.75) is 91.4 Å². The molecule has 4 aliphatic rings. The van der Waals surface area contributed by atoms with E-state index in [1.54, 1.807) is 0 Å². The van der Waals surface area contributed by atoms with Gasteiger partial charge in [-0.25, -0.2) is 0 Å². The van der Waals surface area contributed by atoms with Crippen LogP contribution in [-0.2, 0) is 4.79 Å². The fourth-order valence-electron chi connectivity index (χ4n) is 8.59. The SMILES string of the molecule is C[C@H](CC=O)C1CCC2C3CCC4CCCCC4(C)C3CCC21C. The summed E-state index contributed by atoms with van der Waals surface area (Å²) in [6.07, 6.45) is 16.7. The Kier molecular flexibility index (Phi) is 4.37. The van der Waals surface area contributed by atoms with Gasteiger partial charge in [0.05, 0.1) is 0 Å². The van der Waals surface area contributed by atoms with E-state index >= 15 is 0 Å². The van der Waals surface area contributed by atoms with Gasteiger partial charge in [0.25, 0.3) is 0 Å². The van der Waals surface area contributed by atoms with E-state index in [0.29, 0.717) is 16.7 Å². The molecule has 0 radical (unpaired) electrons. The Labute approximate surface area is 149 Å². The fraction of sp³-hybridized carbons (Fsp3) is 0.957. The van der Waals surface area contributed by atoms with E-state index < -0.39 is 0 Å². The smallest absolute Gasteiger partial charge is 0.120 e. The maximum atomic E-state index is 11.1. The first-order valence-electron chi connectivity index (χ1n) is 10.9. The lowest BCUT2D eigenvalue weighted by Gasteiger charge is -2.60. The molecule has 4 aliphatic carbocycles. The second kappa shape index (κ2) is 6.13. The monoisotopic (exact) mass is 330 g/mol. The van der Waals surface area contributed by atoms with Crippen LogP contribution < -0.4 is 0 Å². The molecule has 0 saturated heterocycles. The summed E-state index contributed by atoms with van der Waals surface area (Å²) in [7, 11) is 0. The van der Waals surface area contributed by atoms with Crippen molar-refractivity contribution in [2.24, 2.45) is 46.3 Å². The highest BCUT2D eigenvalue weighted by Gasteiger charge is 2.59. The van der Waals surface area contributed by atoms with Crippen molar-refractivity contribution in [2.75, 3.05) is 0 Å². The number of hydrogen-bond donors (Lipinski definition) is 0. The number of rotatable bonds is 3. The molecule has 0 heterocycles.